The lowest BCUT2D eigenvalue weighted by Gasteiger charge is -2.19. The number of fused-ring (bicyclic) bond motifs is 1. The van der Waals surface area contributed by atoms with Gasteiger partial charge in [-0.3, -0.25) is 9.09 Å². The third-order valence-corrected chi connectivity index (χ3v) is 7.98. The summed E-state index contributed by atoms with van der Waals surface area (Å²) in [5.41, 5.74) is 0.885. The van der Waals surface area contributed by atoms with Gasteiger partial charge in [-0.15, -0.1) is 0 Å². The van der Waals surface area contributed by atoms with Crippen LogP contribution in [0, 0.1) is 5.92 Å². The standard InChI is InChI=1S/C13H21N4O12P3/c1-3-25-12-10-11(14-6-15-12)17(7-16-10)13-8(2)4-9(27-13)5-26-31(21,22)29-32(23,24)28-30(18,19)20/h6-9,13H,3-5H2,1-2H3,(H,21,22)(H,23,24)(H2,18,19,20). The van der Waals surface area contributed by atoms with Crippen molar-refractivity contribution in [3.63, 3.8) is 0 Å². The Labute approximate surface area is 180 Å². The molecule has 0 bridgehead atoms. The molecule has 0 aliphatic carbocycles. The molecule has 4 N–H and O–H groups in total. The molecule has 0 spiro atoms. The molecular weight excluding hydrogens is 497 g/mol. The fourth-order valence-corrected chi connectivity index (χ4v) is 6.15. The zero-order valence-corrected chi connectivity index (χ0v) is 19.4. The van der Waals surface area contributed by atoms with E-state index in [0.717, 1.165) is 0 Å². The average molecular weight is 518 g/mol. The van der Waals surface area contributed by atoms with E-state index in [9.17, 15) is 23.5 Å². The van der Waals surface area contributed by atoms with Crippen LogP contribution < -0.4 is 4.74 Å². The van der Waals surface area contributed by atoms with Gasteiger partial charge in [0.1, 0.15) is 12.6 Å². The SMILES string of the molecule is CCOc1ncnc2c1ncn2C1OC(COP(=O)(O)OP(=O)(O)OP(=O)(O)O)CC1C. The minimum Gasteiger partial charge on any atom is -0.476 e. The Kier molecular flexibility index (Phi) is 7.55. The van der Waals surface area contributed by atoms with E-state index in [1.807, 2.05) is 6.92 Å². The van der Waals surface area contributed by atoms with Gasteiger partial charge in [0.15, 0.2) is 11.2 Å². The van der Waals surface area contributed by atoms with Crippen LogP contribution in [0.3, 0.4) is 0 Å². The van der Waals surface area contributed by atoms with E-state index in [1.54, 1.807) is 11.5 Å². The van der Waals surface area contributed by atoms with Crippen LogP contribution in [-0.2, 0) is 31.6 Å². The molecule has 180 valence electrons. The molecule has 32 heavy (non-hydrogen) atoms. The van der Waals surface area contributed by atoms with E-state index in [0.29, 0.717) is 30.1 Å². The molecule has 3 heterocycles. The first-order valence-electron chi connectivity index (χ1n) is 9.04. The number of ether oxygens (including phenoxy) is 2. The van der Waals surface area contributed by atoms with Crippen molar-refractivity contribution in [1.82, 2.24) is 19.5 Å². The van der Waals surface area contributed by atoms with Crippen molar-refractivity contribution in [2.75, 3.05) is 13.2 Å². The van der Waals surface area contributed by atoms with Crippen molar-refractivity contribution in [3.8, 4) is 5.88 Å². The normalized spacial score (nSPS) is 25.5. The quantitative estimate of drug-likeness (QED) is 0.327. The van der Waals surface area contributed by atoms with Gasteiger partial charge in [0.2, 0.25) is 5.88 Å². The van der Waals surface area contributed by atoms with Crippen LogP contribution in [0.15, 0.2) is 12.7 Å². The molecule has 2 aromatic rings. The molecule has 0 amide bonds. The number of rotatable bonds is 10. The molecule has 1 saturated heterocycles. The summed E-state index contributed by atoms with van der Waals surface area (Å²) < 4.78 is 58.9. The molecule has 19 heteroatoms. The lowest BCUT2D eigenvalue weighted by molar-refractivity contribution is -0.0290. The highest BCUT2D eigenvalue weighted by Crippen LogP contribution is 2.66. The lowest BCUT2D eigenvalue weighted by atomic mass is 10.1. The second kappa shape index (κ2) is 9.53. The highest BCUT2D eigenvalue weighted by atomic mass is 31.3. The number of nitrogens with zero attached hydrogens (tertiary/aromatic N) is 4. The lowest BCUT2D eigenvalue weighted by Crippen LogP contribution is -2.17. The van der Waals surface area contributed by atoms with E-state index in [4.69, 9.17) is 19.3 Å². The molecule has 16 nitrogen and oxygen atoms in total. The van der Waals surface area contributed by atoms with Crippen LogP contribution in [0.5, 0.6) is 5.88 Å². The van der Waals surface area contributed by atoms with Gasteiger partial charge < -0.3 is 29.0 Å². The van der Waals surface area contributed by atoms with E-state index in [2.05, 4.69) is 28.1 Å². The summed E-state index contributed by atoms with van der Waals surface area (Å²) in [5.74, 6) is 0.193. The summed E-state index contributed by atoms with van der Waals surface area (Å²) in [7, 11) is -16.3. The maximum Gasteiger partial charge on any atom is 0.490 e. The number of imidazole rings is 1. The number of hydrogen-bond donors (Lipinski definition) is 4. The molecule has 0 saturated carbocycles. The van der Waals surface area contributed by atoms with Gasteiger partial charge in [0.05, 0.1) is 25.6 Å². The molecule has 1 aliphatic rings. The fraction of sp³-hybridized carbons (Fsp3) is 0.615. The Hall–Kier alpha value is -1.28. The van der Waals surface area contributed by atoms with Crippen molar-refractivity contribution in [2.45, 2.75) is 32.6 Å². The van der Waals surface area contributed by atoms with Crippen molar-refractivity contribution >= 4 is 34.6 Å². The molecule has 0 radical (unpaired) electrons. The largest absolute Gasteiger partial charge is 0.490 e. The molecule has 0 aromatic carbocycles. The topological polar surface area (TPSA) is 222 Å². The van der Waals surface area contributed by atoms with Gasteiger partial charge in [-0.2, -0.15) is 13.6 Å². The maximum absolute atomic E-state index is 11.9. The Balaban J connectivity index is 1.65. The Morgan fingerprint density at radius 2 is 1.84 bits per heavy atom. The zero-order valence-electron chi connectivity index (χ0n) is 16.7. The summed E-state index contributed by atoms with van der Waals surface area (Å²) in [6.07, 6.45) is 1.87. The van der Waals surface area contributed by atoms with Crippen LogP contribution in [0.2, 0.25) is 0 Å². The average Bonchev–Trinajstić information content (AvgIpc) is 3.21. The van der Waals surface area contributed by atoms with Crippen LogP contribution >= 0.6 is 23.5 Å². The van der Waals surface area contributed by atoms with E-state index in [-0.39, 0.29) is 5.92 Å². The first-order valence-corrected chi connectivity index (χ1v) is 13.6. The van der Waals surface area contributed by atoms with Crippen LogP contribution in [0.1, 0.15) is 26.5 Å². The molecule has 1 fully saturated rings. The second-order valence-electron chi connectivity index (χ2n) is 6.68. The Bertz CT molecular complexity index is 1110. The number of phosphoric acid groups is 3. The van der Waals surface area contributed by atoms with Crippen LogP contribution in [0.25, 0.3) is 11.2 Å². The molecule has 5 unspecified atom stereocenters. The van der Waals surface area contributed by atoms with E-state index >= 15 is 0 Å². The highest BCUT2D eigenvalue weighted by molar-refractivity contribution is 7.66. The Morgan fingerprint density at radius 3 is 2.50 bits per heavy atom. The van der Waals surface area contributed by atoms with Crippen molar-refractivity contribution in [3.05, 3.63) is 12.7 Å². The summed E-state index contributed by atoms with van der Waals surface area (Å²) >= 11 is 0. The van der Waals surface area contributed by atoms with Gasteiger partial charge in [-0.25, -0.2) is 23.7 Å². The van der Waals surface area contributed by atoms with Crippen molar-refractivity contribution in [1.29, 1.82) is 0 Å². The third kappa shape index (κ3) is 6.40. The molecule has 3 rings (SSSR count). The summed E-state index contributed by atoms with van der Waals surface area (Å²) in [6, 6.07) is 0. The minimum atomic E-state index is -5.58. The zero-order chi connectivity index (χ0) is 23.7. The van der Waals surface area contributed by atoms with Crippen LogP contribution in [0.4, 0.5) is 0 Å². The third-order valence-electron chi connectivity index (χ3n) is 4.17. The maximum atomic E-state index is 11.9. The molecule has 1 aliphatic heterocycles. The van der Waals surface area contributed by atoms with Gasteiger partial charge in [-0.05, 0) is 13.3 Å². The first-order chi connectivity index (χ1) is 14.8. The minimum absolute atomic E-state index is 0.118. The predicted molar refractivity (Wildman–Crippen MR) is 104 cm³/mol. The Morgan fingerprint density at radius 1 is 1.12 bits per heavy atom. The summed E-state index contributed by atoms with van der Waals surface area (Å²) in [4.78, 5) is 48.4. The predicted octanol–water partition coefficient (Wildman–Crippen LogP) is 1.49. The monoisotopic (exact) mass is 518 g/mol. The van der Waals surface area contributed by atoms with Crippen molar-refractivity contribution in [2.24, 2.45) is 5.92 Å². The fourth-order valence-electron chi connectivity index (χ4n) is 3.10. The highest BCUT2D eigenvalue weighted by Gasteiger charge is 2.42. The van der Waals surface area contributed by atoms with E-state index in [1.165, 1.54) is 12.7 Å². The van der Waals surface area contributed by atoms with Gasteiger partial charge in [-0.1, -0.05) is 6.92 Å². The molecular formula is C13H21N4O12P3. The number of hydrogen-bond acceptors (Lipinski definition) is 11. The smallest absolute Gasteiger partial charge is 0.476 e. The number of phosphoric ester groups is 1. The summed E-state index contributed by atoms with van der Waals surface area (Å²) in [5, 5.41) is 0. The second-order valence-corrected chi connectivity index (χ2v) is 11.1. The molecule has 2 aromatic heterocycles. The van der Waals surface area contributed by atoms with Crippen LogP contribution in [-0.4, -0.2) is 58.4 Å². The summed E-state index contributed by atoms with van der Waals surface area (Å²) in [6.45, 7) is 3.51. The van der Waals surface area contributed by atoms with Crippen molar-refractivity contribution < 1.29 is 55.9 Å². The van der Waals surface area contributed by atoms with E-state index < -0.39 is 42.4 Å². The van der Waals surface area contributed by atoms with Gasteiger partial charge >= 0.3 is 23.5 Å². The van der Waals surface area contributed by atoms with Gasteiger partial charge in [0.25, 0.3) is 0 Å². The molecule has 5 atom stereocenters. The number of aromatic nitrogens is 4. The first kappa shape index (κ1) is 25.3. The van der Waals surface area contributed by atoms with Gasteiger partial charge in [0, 0.05) is 5.92 Å².